The number of alkyl halides is 1. The van der Waals surface area contributed by atoms with Gasteiger partial charge in [0, 0.05) is 44.0 Å². The average molecular weight is 299 g/mol. The molecule has 0 saturated carbocycles. The van der Waals surface area contributed by atoms with E-state index in [1.165, 1.54) is 18.2 Å². The lowest BCUT2D eigenvalue weighted by Gasteiger charge is -2.34. The van der Waals surface area contributed by atoms with Crippen LogP contribution in [0.25, 0.3) is 0 Å². The number of benzene rings is 1. The molecule has 0 unspecified atom stereocenters. The second kappa shape index (κ2) is 6.70. The zero-order valence-corrected chi connectivity index (χ0v) is 11.8. The van der Waals surface area contributed by atoms with Crippen LogP contribution in [0.5, 0.6) is 0 Å². The van der Waals surface area contributed by atoms with Crippen molar-refractivity contribution < 1.29 is 14.0 Å². The average Bonchev–Trinajstić information content (AvgIpc) is 2.47. The molecule has 1 heterocycles. The van der Waals surface area contributed by atoms with E-state index in [2.05, 4.69) is 0 Å². The third-order valence-corrected chi connectivity index (χ3v) is 3.49. The van der Waals surface area contributed by atoms with Crippen LogP contribution >= 0.6 is 11.6 Å². The summed E-state index contributed by atoms with van der Waals surface area (Å²) in [5.74, 6) is -0.306. The SMILES string of the molecule is O=C(CCCl)N1CCN(C(=O)c2cccc(F)c2)CC1. The topological polar surface area (TPSA) is 40.6 Å². The van der Waals surface area contributed by atoms with Gasteiger partial charge in [0.1, 0.15) is 5.82 Å². The van der Waals surface area contributed by atoms with Crippen LogP contribution in [0.2, 0.25) is 0 Å². The van der Waals surface area contributed by atoms with Crippen LogP contribution in [-0.2, 0) is 4.79 Å². The molecule has 1 fully saturated rings. The van der Waals surface area contributed by atoms with Crippen molar-refractivity contribution in [3.05, 3.63) is 35.6 Å². The van der Waals surface area contributed by atoms with Crippen molar-refractivity contribution in [2.75, 3.05) is 32.1 Å². The highest BCUT2D eigenvalue weighted by molar-refractivity contribution is 6.18. The van der Waals surface area contributed by atoms with Crippen LogP contribution in [-0.4, -0.2) is 53.7 Å². The van der Waals surface area contributed by atoms with Crippen molar-refractivity contribution >= 4 is 23.4 Å². The number of halogens is 2. The molecule has 2 amide bonds. The Kier molecular flexibility index (Phi) is 4.95. The first-order valence-corrected chi connectivity index (χ1v) is 7.04. The molecule has 1 aromatic carbocycles. The van der Waals surface area contributed by atoms with Crippen molar-refractivity contribution in [1.29, 1.82) is 0 Å². The summed E-state index contributed by atoms with van der Waals surface area (Å²) in [4.78, 5) is 27.2. The molecule has 0 radical (unpaired) electrons. The predicted molar refractivity (Wildman–Crippen MR) is 74.2 cm³/mol. The maximum absolute atomic E-state index is 13.1. The highest BCUT2D eigenvalue weighted by Crippen LogP contribution is 2.11. The number of carbonyl (C=O) groups is 2. The highest BCUT2D eigenvalue weighted by Gasteiger charge is 2.24. The van der Waals surface area contributed by atoms with Crippen LogP contribution < -0.4 is 0 Å². The Morgan fingerprint density at radius 2 is 1.80 bits per heavy atom. The molecule has 1 aromatic rings. The third-order valence-electron chi connectivity index (χ3n) is 3.30. The summed E-state index contributed by atoms with van der Waals surface area (Å²) in [7, 11) is 0. The van der Waals surface area contributed by atoms with Gasteiger partial charge in [-0.15, -0.1) is 11.6 Å². The van der Waals surface area contributed by atoms with E-state index < -0.39 is 5.82 Å². The summed E-state index contributed by atoms with van der Waals surface area (Å²) >= 11 is 5.54. The lowest BCUT2D eigenvalue weighted by atomic mass is 10.1. The summed E-state index contributed by atoms with van der Waals surface area (Å²) in [6.07, 6.45) is 0.319. The number of hydrogen-bond acceptors (Lipinski definition) is 2. The molecule has 0 aliphatic carbocycles. The van der Waals surface area contributed by atoms with E-state index in [4.69, 9.17) is 11.6 Å². The molecule has 4 nitrogen and oxygen atoms in total. The lowest BCUT2D eigenvalue weighted by Crippen LogP contribution is -2.50. The highest BCUT2D eigenvalue weighted by atomic mass is 35.5. The van der Waals surface area contributed by atoms with Gasteiger partial charge in [-0.3, -0.25) is 9.59 Å². The molecule has 108 valence electrons. The Hall–Kier alpha value is -1.62. The number of nitrogens with zero attached hydrogens (tertiary/aromatic N) is 2. The van der Waals surface area contributed by atoms with Crippen molar-refractivity contribution in [3.8, 4) is 0 Å². The molecule has 6 heteroatoms. The van der Waals surface area contributed by atoms with Crippen molar-refractivity contribution in [2.24, 2.45) is 0 Å². The van der Waals surface area contributed by atoms with Gasteiger partial charge in [-0.1, -0.05) is 6.07 Å². The fourth-order valence-electron chi connectivity index (χ4n) is 2.20. The number of carbonyl (C=O) groups excluding carboxylic acids is 2. The maximum Gasteiger partial charge on any atom is 0.254 e. The molecule has 1 aliphatic rings. The molecule has 0 bridgehead atoms. The van der Waals surface area contributed by atoms with E-state index in [9.17, 15) is 14.0 Å². The van der Waals surface area contributed by atoms with E-state index in [1.807, 2.05) is 0 Å². The van der Waals surface area contributed by atoms with E-state index in [1.54, 1.807) is 15.9 Å². The van der Waals surface area contributed by atoms with Gasteiger partial charge in [0.15, 0.2) is 0 Å². The number of rotatable bonds is 3. The fourth-order valence-corrected chi connectivity index (χ4v) is 2.36. The van der Waals surface area contributed by atoms with Crippen molar-refractivity contribution in [3.63, 3.8) is 0 Å². The van der Waals surface area contributed by atoms with Gasteiger partial charge in [-0.05, 0) is 18.2 Å². The summed E-state index contributed by atoms with van der Waals surface area (Å²) in [5, 5.41) is 0. The number of amides is 2. The van der Waals surface area contributed by atoms with Gasteiger partial charge in [-0.2, -0.15) is 0 Å². The first-order chi connectivity index (χ1) is 9.61. The van der Waals surface area contributed by atoms with Gasteiger partial charge in [-0.25, -0.2) is 4.39 Å². The smallest absolute Gasteiger partial charge is 0.254 e. The van der Waals surface area contributed by atoms with Crippen LogP contribution in [0.4, 0.5) is 4.39 Å². The monoisotopic (exact) mass is 298 g/mol. The normalized spacial score (nSPS) is 15.3. The molecular formula is C14H16ClFN2O2. The first kappa shape index (κ1) is 14.8. The molecular weight excluding hydrogens is 283 g/mol. The second-order valence-electron chi connectivity index (χ2n) is 4.62. The standard InChI is InChI=1S/C14H16ClFN2O2/c15-5-4-13(19)17-6-8-18(9-7-17)14(20)11-2-1-3-12(16)10-11/h1-3,10H,4-9H2. The van der Waals surface area contributed by atoms with E-state index in [0.717, 1.165) is 0 Å². The van der Waals surface area contributed by atoms with Gasteiger partial charge in [0.05, 0.1) is 0 Å². The molecule has 0 atom stereocenters. The molecule has 2 rings (SSSR count). The van der Waals surface area contributed by atoms with Gasteiger partial charge >= 0.3 is 0 Å². The van der Waals surface area contributed by atoms with Gasteiger partial charge in [0.2, 0.25) is 5.91 Å². The van der Waals surface area contributed by atoms with E-state index in [0.29, 0.717) is 44.0 Å². The molecule has 0 spiro atoms. The summed E-state index contributed by atoms with van der Waals surface area (Å²) in [6, 6.07) is 5.64. The van der Waals surface area contributed by atoms with Crippen LogP contribution in [0.1, 0.15) is 16.8 Å². The lowest BCUT2D eigenvalue weighted by molar-refractivity contribution is -0.132. The molecule has 0 N–H and O–H groups in total. The Morgan fingerprint density at radius 1 is 1.15 bits per heavy atom. The quantitative estimate of drug-likeness (QED) is 0.798. The summed E-state index contributed by atoms with van der Waals surface area (Å²) in [5.41, 5.74) is 0.338. The zero-order chi connectivity index (χ0) is 14.5. The number of hydrogen-bond donors (Lipinski definition) is 0. The summed E-state index contributed by atoms with van der Waals surface area (Å²) in [6.45, 7) is 1.92. The molecule has 1 aliphatic heterocycles. The zero-order valence-electron chi connectivity index (χ0n) is 11.0. The second-order valence-corrected chi connectivity index (χ2v) is 5.00. The van der Waals surface area contributed by atoms with Crippen LogP contribution in [0.15, 0.2) is 24.3 Å². The largest absolute Gasteiger partial charge is 0.339 e. The fraction of sp³-hybridized carbons (Fsp3) is 0.429. The van der Waals surface area contributed by atoms with E-state index >= 15 is 0 Å². The van der Waals surface area contributed by atoms with Gasteiger partial charge in [0.25, 0.3) is 5.91 Å². The van der Waals surface area contributed by atoms with Crippen molar-refractivity contribution in [1.82, 2.24) is 9.80 Å². The minimum absolute atomic E-state index is 0.0119. The minimum Gasteiger partial charge on any atom is -0.339 e. The first-order valence-electron chi connectivity index (χ1n) is 6.50. The Morgan fingerprint density at radius 3 is 2.40 bits per heavy atom. The van der Waals surface area contributed by atoms with Crippen LogP contribution in [0.3, 0.4) is 0 Å². The predicted octanol–water partition coefficient (Wildman–Crippen LogP) is 1.74. The molecule has 0 aromatic heterocycles. The molecule has 20 heavy (non-hydrogen) atoms. The Balaban J connectivity index is 1.93. The third kappa shape index (κ3) is 3.48. The van der Waals surface area contributed by atoms with E-state index in [-0.39, 0.29) is 11.8 Å². The van der Waals surface area contributed by atoms with Crippen molar-refractivity contribution in [2.45, 2.75) is 6.42 Å². The van der Waals surface area contributed by atoms with Gasteiger partial charge < -0.3 is 9.80 Å². The maximum atomic E-state index is 13.1. The Labute approximate surface area is 122 Å². The summed E-state index contributed by atoms with van der Waals surface area (Å²) < 4.78 is 13.1. The Bertz CT molecular complexity index is 502. The minimum atomic E-state index is -0.424. The van der Waals surface area contributed by atoms with Crippen LogP contribution in [0, 0.1) is 5.82 Å². The molecule has 1 saturated heterocycles. The number of piperazine rings is 1.